The number of likely N-dealkylation sites (tertiary alicyclic amines) is 1. The number of ether oxygens (including phenoxy) is 2. The van der Waals surface area contributed by atoms with E-state index in [2.05, 4.69) is 5.32 Å². The van der Waals surface area contributed by atoms with Crippen LogP contribution in [0.1, 0.15) is 18.4 Å². The van der Waals surface area contributed by atoms with Gasteiger partial charge in [0.05, 0.1) is 20.8 Å². The zero-order valence-corrected chi connectivity index (χ0v) is 14.1. The number of nitrogens with one attached hydrogen (secondary N) is 1. The number of aliphatic carboxylic acids is 1. The molecule has 7 heteroatoms. The van der Waals surface area contributed by atoms with Crippen LogP contribution in [-0.2, 0) is 16.0 Å². The molecule has 0 aliphatic carbocycles. The molecular formula is C17H24N2O5. The van der Waals surface area contributed by atoms with Crippen LogP contribution in [0.4, 0.5) is 0 Å². The molecule has 132 valence electrons. The van der Waals surface area contributed by atoms with E-state index in [-0.39, 0.29) is 12.5 Å². The Balaban J connectivity index is 1.79. The number of carbonyl (C=O) groups is 2. The lowest BCUT2D eigenvalue weighted by atomic mass is 10.1. The van der Waals surface area contributed by atoms with E-state index >= 15 is 0 Å². The highest BCUT2D eigenvalue weighted by Gasteiger charge is 2.31. The van der Waals surface area contributed by atoms with E-state index in [9.17, 15) is 9.59 Å². The number of methoxy groups -OCH3 is 2. The summed E-state index contributed by atoms with van der Waals surface area (Å²) in [5, 5.41) is 12.0. The minimum atomic E-state index is -0.856. The summed E-state index contributed by atoms with van der Waals surface area (Å²) in [5.41, 5.74) is 1.03. The molecule has 2 N–H and O–H groups in total. The van der Waals surface area contributed by atoms with Crippen molar-refractivity contribution in [3.63, 3.8) is 0 Å². The fraction of sp³-hybridized carbons (Fsp3) is 0.529. The molecule has 1 fully saturated rings. The second kappa shape index (κ2) is 8.54. The molecule has 0 aromatic heterocycles. The van der Waals surface area contributed by atoms with E-state index in [0.29, 0.717) is 37.4 Å². The number of benzene rings is 1. The van der Waals surface area contributed by atoms with Gasteiger partial charge in [0.25, 0.3) is 0 Å². The number of rotatable bonds is 8. The van der Waals surface area contributed by atoms with Crippen molar-refractivity contribution >= 4 is 11.9 Å². The van der Waals surface area contributed by atoms with Crippen molar-refractivity contribution in [2.75, 3.05) is 33.9 Å². The maximum atomic E-state index is 12.0. The highest BCUT2D eigenvalue weighted by atomic mass is 16.5. The number of hydrogen-bond donors (Lipinski definition) is 2. The number of amides is 1. The van der Waals surface area contributed by atoms with Crippen molar-refractivity contribution in [3.05, 3.63) is 23.8 Å². The van der Waals surface area contributed by atoms with E-state index < -0.39 is 12.0 Å². The molecule has 1 atom stereocenters. The lowest BCUT2D eigenvalue weighted by Gasteiger charge is -2.20. The van der Waals surface area contributed by atoms with Gasteiger partial charge in [-0.3, -0.25) is 14.5 Å². The first-order valence-electron chi connectivity index (χ1n) is 7.99. The zero-order chi connectivity index (χ0) is 17.5. The normalized spacial score (nSPS) is 17.5. The van der Waals surface area contributed by atoms with Crippen molar-refractivity contribution in [2.45, 2.75) is 25.3 Å². The molecular weight excluding hydrogens is 312 g/mol. The maximum absolute atomic E-state index is 12.0. The average Bonchev–Trinajstić information content (AvgIpc) is 3.03. The average molecular weight is 336 g/mol. The van der Waals surface area contributed by atoms with E-state index in [1.54, 1.807) is 19.1 Å². The van der Waals surface area contributed by atoms with Crippen LogP contribution in [0.3, 0.4) is 0 Å². The molecule has 0 saturated carbocycles. The molecule has 1 aromatic rings. The van der Waals surface area contributed by atoms with Gasteiger partial charge in [-0.25, -0.2) is 0 Å². The number of carboxylic acid groups (broad SMARTS) is 1. The Morgan fingerprint density at radius 3 is 2.71 bits per heavy atom. The van der Waals surface area contributed by atoms with Crippen molar-refractivity contribution in [1.29, 1.82) is 0 Å². The van der Waals surface area contributed by atoms with E-state index in [1.807, 2.05) is 18.2 Å². The van der Waals surface area contributed by atoms with Gasteiger partial charge in [0.1, 0.15) is 6.04 Å². The molecule has 1 heterocycles. The minimum Gasteiger partial charge on any atom is -0.493 e. The van der Waals surface area contributed by atoms with Crippen molar-refractivity contribution in [3.8, 4) is 11.5 Å². The highest BCUT2D eigenvalue weighted by molar-refractivity contribution is 5.80. The fourth-order valence-electron chi connectivity index (χ4n) is 2.92. The highest BCUT2D eigenvalue weighted by Crippen LogP contribution is 2.27. The van der Waals surface area contributed by atoms with Crippen LogP contribution in [-0.4, -0.2) is 61.8 Å². The lowest BCUT2D eigenvalue weighted by Crippen LogP contribution is -2.43. The Bertz CT molecular complexity index is 590. The molecule has 0 radical (unpaired) electrons. The first kappa shape index (κ1) is 18.1. The first-order chi connectivity index (χ1) is 11.5. The smallest absolute Gasteiger partial charge is 0.320 e. The topological polar surface area (TPSA) is 88.1 Å². The molecule has 7 nitrogen and oxygen atoms in total. The quantitative estimate of drug-likeness (QED) is 0.734. The molecule has 1 amide bonds. The molecule has 0 bridgehead atoms. The van der Waals surface area contributed by atoms with Gasteiger partial charge >= 0.3 is 5.97 Å². The van der Waals surface area contributed by atoms with E-state index in [0.717, 1.165) is 12.0 Å². The van der Waals surface area contributed by atoms with Crippen molar-refractivity contribution < 1.29 is 24.2 Å². The van der Waals surface area contributed by atoms with Crippen LogP contribution in [0.2, 0.25) is 0 Å². The van der Waals surface area contributed by atoms with Crippen LogP contribution >= 0.6 is 0 Å². The fourth-order valence-corrected chi connectivity index (χ4v) is 2.92. The molecule has 1 saturated heterocycles. The lowest BCUT2D eigenvalue weighted by molar-refractivity contribution is -0.142. The largest absolute Gasteiger partial charge is 0.493 e. The second-order valence-electron chi connectivity index (χ2n) is 5.76. The number of nitrogens with zero attached hydrogens (tertiary/aromatic N) is 1. The number of hydrogen-bond acceptors (Lipinski definition) is 5. The summed E-state index contributed by atoms with van der Waals surface area (Å²) in [4.78, 5) is 24.8. The van der Waals surface area contributed by atoms with Crippen LogP contribution in [0.25, 0.3) is 0 Å². The number of carbonyl (C=O) groups excluding carboxylic acids is 1. The first-order valence-corrected chi connectivity index (χ1v) is 7.99. The third-order valence-corrected chi connectivity index (χ3v) is 4.18. The third-order valence-electron chi connectivity index (χ3n) is 4.18. The summed E-state index contributed by atoms with van der Waals surface area (Å²) in [5.74, 6) is 0.316. The molecule has 2 rings (SSSR count). The molecule has 1 aromatic carbocycles. The van der Waals surface area contributed by atoms with Crippen molar-refractivity contribution in [1.82, 2.24) is 10.2 Å². The Morgan fingerprint density at radius 2 is 2.04 bits per heavy atom. The summed E-state index contributed by atoms with van der Waals surface area (Å²) >= 11 is 0. The molecule has 1 aliphatic heterocycles. The summed E-state index contributed by atoms with van der Waals surface area (Å²) in [7, 11) is 3.17. The summed E-state index contributed by atoms with van der Waals surface area (Å²) in [6.07, 6.45) is 2.08. The van der Waals surface area contributed by atoms with Gasteiger partial charge in [-0.1, -0.05) is 6.07 Å². The third kappa shape index (κ3) is 4.61. The van der Waals surface area contributed by atoms with Gasteiger partial charge in [0, 0.05) is 6.54 Å². The van der Waals surface area contributed by atoms with Crippen LogP contribution in [0.15, 0.2) is 18.2 Å². The molecule has 0 spiro atoms. The van der Waals surface area contributed by atoms with Gasteiger partial charge in [-0.15, -0.1) is 0 Å². The van der Waals surface area contributed by atoms with Gasteiger partial charge < -0.3 is 19.9 Å². The summed E-state index contributed by atoms with van der Waals surface area (Å²) < 4.78 is 10.4. The second-order valence-corrected chi connectivity index (χ2v) is 5.76. The maximum Gasteiger partial charge on any atom is 0.320 e. The summed E-state index contributed by atoms with van der Waals surface area (Å²) in [6, 6.07) is 5.10. The van der Waals surface area contributed by atoms with Gasteiger partial charge in [-0.2, -0.15) is 0 Å². The van der Waals surface area contributed by atoms with Crippen LogP contribution in [0.5, 0.6) is 11.5 Å². The predicted octanol–water partition coefficient (Wildman–Crippen LogP) is 0.912. The Morgan fingerprint density at radius 1 is 1.29 bits per heavy atom. The standard InChI is InChI=1S/C17H24N2O5/c1-23-14-6-5-12(10-15(14)24-2)7-8-18-16(20)11-19-9-3-4-13(19)17(21)22/h5-6,10,13H,3-4,7-9,11H2,1-2H3,(H,18,20)(H,21,22). The van der Waals surface area contributed by atoms with Gasteiger partial charge in [-0.05, 0) is 43.5 Å². The Labute approximate surface area is 141 Å². The molecule has 1 unspecified atom stereocenters. The van der Waals surface area contributed by atoms with Gasteiger partial charge in [0.15, 0.2) is 11.5 Å². The Kier molecular flexibility index (Phi) is 6.43. The number of carboxylic acids is 1. The summed E-state index contributed by atoms with van der Waals surface area (Å²) in [6.45, 7) is 1.27. The predicted molar refractivity (Wildman–Crippen MR) is 88.5 cm³/mol. The van der Waals surface area contributed by atoms with E-state index in [4.69, 9.17) is 14.6 Å². The Hall–Kier alpha value is -2.28. The SMILES string of the molecule is COc1ccc(CCNC(=O)CN2CCCC2C(=O)O)cc1OC. The van der Waals surface area contributed by atoms with E-state index in [1.165, 1.54) is 0 Å². The zero-order valence-electron chi connectivity index (χ0n) is 14.1. The van der Waals surface area contributed by atoms with Crippen molar-refractivity contribution in [2.24, 2.45) is 0 Å². The van der Waals surface area contributed by atoms with Crippen LogP contribution < -0.4 is 14.8 Å². The monoisotopic (exact) mass is 336 g/mol. The minimum absolute atomic E-state index is 0.128. The van der Waals surface area contributed by atoms with Crippen LogP contribution in [0, 0.1) is 0 Å². The van der Waals surface area contributed by atoms with Gasteiger partial charge in [0.2, 0.25) is 5.91 Å². The molecule has 24 heavy (non-hydrogen) atoms. The molecule has 1 aliphatic rings.